The Kier molecular flexibility index (Phi) is 6.08. The van der Waals surface area contributed by atoms with Crippen LogP contribution in [0.1, 0.15) is 33.2 Å². The van der Waals surface area contributed by atoms with Crippen LogP contribution in [0.3, 0.4) is 0 Å². The molecule has 1 aliphatic rings. The number of amides is 2. The Bertz CT molecular complexity index is 848. The van der Waals surface area contributed by atoms with Gasteiger partial charge in [0.25, 0.3) is 11.8 Å². The number of carbonyl (C=O) groups excluding carboxylic acids is 2. The molecule has 2 amide bonds. The molecule has 0 aliphatic carbocycles. The maximum absolute atomic E-state index is 12.7. The van der Waals surface area contributed by atoms with Gasteiger partial charge >= 0.3 is 0 Å². The van der Waals surface area contributed by atoms with Crippen LogP contribution in [-0.4, -0.2) is 59.3 Å². The Balaban J connectivity index is 1.72. The Morgan fingerprint density at radius 2 is 1.85 bits per heavy atom. The van der Waals surface area contributed by atoms with E-state index in [1.54, 1.807) is 24.3 Å². The quantitative estimate of drug-likeness (QED) is 0.877. The zero-order valence-corrected chi connectivity index (χ0v) is 16.3. The van der Waals surface area contributed by atoms with Crippen LogP contribution in [0.5, 0.6) is 0 Å². The molecule has 1 saturated heterocycles. The number of rotatable bonds is 4. The molecule has 1 fully saturated rings. The van der Waals surface area contributed by atoms with E-state index in [1.165, 1.54) is 12.4 Å². The third kappa shape index (κ3) is 4.46. The standard InChI is InChI=1S/C20H23ClN4O2/c1-3-24-7-9-25(10-8-24)20(27)16-11-15(12-22-13-16)19(26)23-18-6-4-5-17(21)14(18)2/h4-6,11-13H,3,7-10H2,1-2H3,(H,23,26). The van der Waals surface area contributed by atoms with Gasteiger partial charge in [0.15, 0.2) is 0 Å². The summed E-state index contributed by atoms with van der Waals surface area (Å²) < 4.78 is 0. The van der Waals surface area contributed by atoms with Crippen molar-refractivity contribution in [3.63, 3.8) is 0 Å². The topological polar surface area (TPSA) is 65.5 Å². The Labute approximate surface area is 164 Å². The van der Waals surface area contributed by atoms with Crippen molar-refractivity contribution in [1.29, 1.82) is 0 Å². The fourth-order valence-corrected chi connectivity index (χ4v) is 3.24. The van der Waals surface area contributed by atoms with Gasteiger partial charge in [-0.1, -0.05) is 24.6 Å². The van der Waals surface area contributed by atoms with Gasteiger partial charge in [0.2, 0.25) is 0 Å². The second-order valence-electron chi connectivity index (χ2n) is 6.56. The Hall–Kier alpha value is -2.44. The van der Waals surface area contributed by atoms with Crippen LogP contribution in [0.2, 0.25) is 5.02 Å². The minimum Gasteiger partial charge on any atom is -0.336 e. The molecule has 0 saturated carbocycles. The second kappa shape index (κ2) is 8.50. The van der Waals surface area contributed by atoms with Crippen LogP contribution in [-0.2, 0) is 0 Å². The maximum Gasteiger partial charge on any atom is 0.257 e. The molecule has 0 spiro atoms. The number of nitrogens with zero attached hydrogens (tertiary/aromatic N) is 3. The van der Waals surface area contributed by atoms with Gasteiger partial charge in [-0.05, 0) is 37.2 Å². The SMILES string of the molecule is CCN1CCN(C(=O)c2cncc(C(=O)Nc3cccc(Cl)c3C)c2)CC1. The van der Waals surface area contributed by atoms with E-state index in [2.05, 4.69) is 22.1 Å². The van der Waals surface area contributed by atoms with Crippen molar-refractivity contribution in [3.05, 3.63) is 58.4 Å². The number of piperazine rings is 1. The largest absolute Gasteiger partial charge is 0.336 e. The number of anilines is 1. The van der Waals surface area contributed by atoms with Gasteiger partial charge in [0, 0.05) is 49.3 Å². The predicted octanol–water partition coefficient (Wildman–Crippen LogP) is 3.07. The van der Waals surface area contributed by atoms with E-state index in [0.717, 1.165) is 25.2 Å². The normalized spacial score (nSPS) is 14.9. The highest BCUT2D eigenvalue weighted by Gasteiger charge is 2.22. The maximum atomic E-state index is 12.7. The molecule has 7 heteroatoms. The number of halogens is 1. The lowest BCUT2D eigenvalue weighted by Crippen LogP contribution is -2.48. The van der Waals surface area contributed by atoms with E-state index in [4.69, 9.17) is 11.6 Å². The fraction of sp³-hybridized carbons (Fsp3) is 0.350. The number of nitrogens with one attached hydrogen (secondary N) is 1. The lowest BCUT2D eigenvalue weighted by atomic mass is 10.1. The van der Waals surface area contributed by atoms with Gasteiger partial charge in [-0.3, -0.25) is 14.6 Å². The number of hydrogen-bond acceptors (Lipinski definition) is 4. The highest BCUT2D eigenvalue weighted by atomic mass is 35.5. The van der Waals surface area contributed by atoms with Crippen molar-refractivity contribution >= 4 is 29.1 Å². The summed E-state index contributed by atoms with van der Waals surface area (Å²) >= 11 is 6.10. The van der Waals surface area contributed by atoms with Crippen LogP contribution in [0.15, 0.2) is 36.7 Å². The highest BCUT2D eigenvalue weighted by Crippen LogP contribution is 2.23. The van der Waals surface area contributed by atoms with Crippen molar-refractivity contribution in [2.24, 2.45) is 0 Å². The van der Waals surface area contributed by atoms with Gasteiger partial charge in [-0.15, -0.1) is 0 Å². The Morgan fingerprint density at radius 1 is 1.15 bits per heavy atom. The van der Waals surface area contributed by atoms with Crippen LogP contribution in [0.4, 0.5) is 5.69 Å². The van der Waals surface area contributed by atoms with E-state index in [0.29, 0.717) is 34.9 Å². The van der Waals surface area contributed by atoms with Gasteiger partial charge < -0.3 is 15.1 Å². The molecule has 1 aliphatic heterocycles. The number of hydrogen-bond donors (Lipinski definition) is 1. The minimum absolute atomic E-state index is 0.0909. The van der Waals surface area contributed by atoms with Crippen molar-refractivity contribution in [2.75, 3.05) is 38.0 Å². The molecule has 2 aromatic rings. The van der Waals surface area contributed by atoms with Crippen LogP contribution in [0.25, 0.3) is 0 Å². The van der Waals surface area contributed by atoms with Crippen molar-refractivity contribution in [3.8, 4) is 0 Å². The molecule has 1 aromatic carbocycles. The summed E-state index contributed by atoms with van der Waals surface area (Å²) in [5.41, 5.74) is 2.20. The second-order valence-corrected chi connectivity index (χ2v) is 6.96. The van der Waals surface area contributed by atoms with Crippen LogP contribution < -0.4 is 5.32 Å². The molecule has 0 radical (unpaired) electrons. The van der Waals surface area contributed by atoms with E-state index >= 15 is 0 Å². The fourth-order valence-electron chi connectivity index (χ4n) is 3.07. The summed E-state index contributed by atoms with van der Waals surface area (Å²) in [6, 6.07) is 6.93. The summed E-state index contributed by atoms with van der Waals surface area (Å²) in [6.07, 6.45) is 2.97. The van der Waals surface area contributed by atoms with E-state index < -0.39 is 0 Å². The number of likely N-dealkylation sites (N-methyl/N-ethyl adjacent to an activating group) is 1. The van der Waals surface area contributed by atoms with E-state index in [1.807, 2.05) is 11.8 Å². The first-order chi connectivity index (χ1) is 13.0. The van der Waals surface area contributed by atoms with Crippen molar-refractivity contribution in [1.82, 2.24) is 14.8 Å². The van der Waals surface area contributed by atoms with Crippen molar-refractivity contribution in [2.45, 2.75) is 13.8 Å². The zero-order valence-electron chi connectivity index (χ0n) is 15.5. The minimum atomic E-state index is -0.321. The van der Waals surface area contributed by atoms with E-state index in [9.17, 15) is 9.59 Å². The molecule has 2 heterocycles. The Morgan fingerprint density at radius 3 is 2.56 bits per heavy atom. The summed E-state index contributed by atoms with van der Waals surface area (Å²) in [6.45, 7) is 8.04. The molecule has 1 aromatic heterocycles. The smallest absolute Gasteiger partial charge is 0.257 e. The summed E-state index contributed by atoms with van der Waals surface area (Å²) in [7, 11) is 0. The lowest BCUT2D eigenvalue weighted by Gasteiger charge is -2.34. The van der Waals surface area contributed by atoms with Gasteiger partial charge in [0.05, 0.1) is 11.1 Å². The molecule has 27 heavy (non-hydrogen) atoms. The van der Waals surface area contributed by atoms with Crippen LogP contribution >= 0.6 is 11.6 Å². The first kappa shape index (κ1) is 19.3. The molecule has 142 valence electrons. The van der Waals surface area contributed by atoms with E-state index in [-0.39, 0.29) is 11.8 Å². The lowest BCUT2D eigenvalue weighted by molar-refractivity contribution is 0.0643. The molecule has 0 unspecified atom stereocenters. The first-order valence-electron chi connectivity index (χ1n) is 9.02. The van der Waals surface area contributed by atoms with Crippen molar-refractivity contribution < 1.29 is 9.59 Å². The summed E-state index contributed by atoms with van der Waals surface area (Å²) in [5, 5.41) is 3.42. The average Bonchev–Trinajstić information content (AvgIpc) is 2.71. The number of carbonyl (C=O) groups is 2. The van der Waals surface area contributed by atoms with Gasteiger partial charge in [-0.25, -0.2) is 0 Å². The van der Waals surface area contributed by atoms with Gasteiger partial charge in [0.1, 0.15) is 0 Å². The monoisotopic (exact) mass is 386 g/mol. The molecular weight excluding hydrogens is 364 g/mol. The zero-order chi connectivity index (χ0) is 19.4. The van der Waals surface area contributed by atoms with Gasteiger partial charge in [-0.2, -0.15) is 0 Å². The third-order valence-electron chi connectivity index (χ3n) is 4.87. The molecule has 0 atom stereocenters. The number of benzene rings is 1. The summed E-state index contributed by atoms with van der Waals surface area (Å²) in [5.74, 6) is -0.412. The molecule has 3 rings (SSSR count). The molecule has 6 nitrogen and oxygen atoms in total. The highest BCUT2D eigenvalue weighted by molar-refractivity contribution is 6.31. The third-order valence-corrected chi connectivity index (χ3v) is 5.28. The average molecular weight is 387 g/mol. The molecule has 0 bridgehead atoms. The summed E-state index contributed by atoms with van der Waals surface area (Å²) in [4.78, 5) is 33.5. The number of pyridine rings is 1. The first-order valence-corrected chi connectivity index (χ1v) is 9.40. The molecular formula is C20H23ClN4O2. The van der Waals surface area contributed by atoms with Crippen LogP contribution in [0, 0.1) is 6.92 Å². The molecule has 1 N–H and O–H groups in total. The predicted molar refractivity (Wildman–Crippen MR) is 106 cm³/mol. The number of aromatic nitrogens is 1.